The molecule has 0 aromatic carbocycles. The van der Waals surface area contributed by atoms with Gasteiger partial charge in [0.05, 0.1) is 12.4 Å². The highest BCUT2D eigenvalue weighted by Crippen LogP contribution is 2.23. The van der Waals surface area contributed by atoms with Crippen LogP contribution in [0.4, 0.5) is 0 Å². The van der Waals surface area contributed by atoms with Gasteiger partial charge in [0, 0.05) is 11.9 Å². The third-order valence-corrected chi connectivity index (χ3v) is 5.48. The number of halogens is 1. The van der Waals surface area contributed by atoms with Gasteiger partial charge in [-0.1, -0.05) is 17.7 Å². The predicted molar refractivity (Wildman–Crippen MR) is 71.3 cm³/mol. The Morgan fingerprint density at radius 1 is 1.56 bits per heavy atom. The normalized spacial score (nSPS) is 13.7. The summed E-state index contributed by atoms with van der Waals surface area (Å²) < 4.78 is 28.2. The summed E-state index contributed by atoms with van der Waals surface area (Å²) in [7, 11) is -2.07. The van der Waals surface area contributed by atoms with Gasteiger partial charge in [-0.15, -0.1) is 11.3 Å². The van der Waals surface area contributed by atoms with Crippen LogP contribution in [0, 0.1) is 0 Å². The van der Waals surface area contributed by atoms with Crippen LogP contribution < -0.4 is 4.72 Å². The Kier molecular flexibility index (Phi) is 3.76. The summed E-state index contributed by atoms with van der Waals surface area (Å²) in [5.74, 6) is 0. The van der Waals surface area contributed by atoms with Crippen molar-refractivity contribution in [3.05, 3.63) is 33.9 Å². The quantitative estimate of drug-likeness (QED) is 0.941. The van der Waals surface area contributed by atoms with Crippen molar-refractivity contribution in [3.63, 3.8) is 0 Å². The molecule has 0 aliphatic carbocycles. The first kappa shape index (κ1) is 13.5. The number of hydrogen-bond acceptors (Lipinski definition) is 4. The van der Waals surface area contributed by atoms with E-state index in [2.05, 4.69) is 9.71 Å². The summed E-state index contributed by atoms with van der Waals surface area (Å²) in [5.41, 5.74) is 0. The van der Waals surface area contributed by atoms with Crippen molar-refractivity contribution >= 4 is 33.0 Å². The van der Waals surface area contributed by atoms with Gasteiger partial charge in [0.25, 0.3) is 10.0 Å². The lowest BCUT2D eigenvalue weighted by atomic mass is 10.3. The van der Waals surface area contributed by atoms with Crippen LogP contribution in [0.2, 0.25) is 5.15 Å². The Balaban J connectivity index is 2.25. The van der Waals surface area contributed by atoms with Gasteiger partial charge in [-0.05, 0) is 18.4 Å². The third kappa shape index (κ3) is 2.59. The number of rotatable bonds is 4. The Labute approximate surface area is 114 Å². The minimum absolute atomic E-state index is 0.0980. The van der Waals surface area contributed by atoms with Crippen LogP contribution in [-0.2, 0) is 17.1 Å². The summed E-state index contributed by atoms with van der Waals surface area (Å²) in [5, 5.41) is 1.85. The highest BCUT2D eigenvalue weighted by Gasteiger charge is 2.24. The molecule has 0 amide bonds. The Morgan fingerprint density at radius 2 is 2.28 bits per heavy atom. The van der Waals surface area contributed by atoms with Crippen LogP contribution >= 0.6 is 22.9 Å². The molecule has 2 heterocycles. The fourth-order valence-corrected chi connectivity index (χ4v) is 3.92. The molecule has 0 aliphatic rings. The van der Waals surface area contributed by atoms with E-state index in [0.29, 0.717) is 0 Å². The van der Waals surface area contributed by atoms with E-state index in [1.54, 1.807) is 14.0 Å². The van der Waals surface area contributed by atoms with E-state index in [0.717, 1.165) is 4.88 Å². The van der Waals surface area contributed by atoms with E-state index >= 15 is 0 Å². The van der Waals surface area contributed by atoms with E-state index < -0.39 is 10.0 Å². The number of hydrogen-bond donors (Lipinski definition) is 1. The lowest BCUT2D eigenvalue weighted by Gasteiger charge is -2.11. The zero-order chi connectivity index (χ0) is 13.3. The van der Waals surface area contributed by atoms with Gasteiger partial charge >= 0.3 is 0 Å². The van der Waals surface area contributed by atoms with Crippen LogP contribution in [-0.4, -0.2) is 18.0 Å². The van der Waals surface area contributed by atoms with Crippen molar-refractivity contribution in [2.75, 3.05) is 0 Å². The van der Waals surface area contributed by atoms with Gasteiger partial charge in [0.2, 0.25) is 5.03 Å². The standard InChI is InChI=1S/C10H12ClN3O2S2/c1-7(8-4-3-5-17-8)13-18(15,16)10-9(11)14(2)6-12-10/h3-7,13H,1-2H3. The largest absolute Gasteiger partial charge is 0.324 e. The molecule has 2 aromatic rings. The van der Waals surface area contributed by atoms with E-state index in [4.69, 9.17) is 11.6 Å². The number of nitrogens with one attached hydrogen (secondary N) is 1. The minimum atomic E-state index is -3.70. The first-order valence-electron chi connectivity index (χ1n) is 5.14. The summed E-state index contributed by atoms with van der Waals surface area (Å²) >= 11 is 7.38. The maximum atomic E-state index is 12.1. The second-order valence-corrected chi connectivity index (χ2v) is 6.78. The number of nitrogens with zero attached hydrogens (tertiary/aromatic N) is 2. The summed E-state index contributed by atoms with van der Waals surface area (Å²) in [6.45, 7) is 1.78. The van der Waals surface area contributed by atoms with E-state index in [9.17, 15) is 8.42 Å². The molecule has 2 aromatic heterocycles. The first-order chi connectivity index (χ1) is 8.42. The molecule has 0 saturated heterocycles. The van der Waals surface area contributed by atoms with Gasteiger partial charge < -0.3 is 4.57 Å². The SMILES string of the molecule is CC(NS(=O)(=O)c1ncn(C)c1Cl)c1cccs1. The van der Waals surface area contributed by atoms with Crippen LogP contribution in [0.1, 0.15) is 17.8 Å². The zero-order valence-electron chi connectivity index (χ0n) is 9.79. The van der Waals surface area contributed by atoms with Crippen LogP contribution in [0.15, 0.2) is 28.9 Å². The molecular weight excluding hydrogens is 294 g/mol. The smallest absolute Gasteiger partial charge is 0.261 e. The first-order valence-corrected chi connectivity index (χ1v) is 7.88. The third-order valence-electron chi connectivity index (χ3n) is 2.39. The van der Waals surface area contributed by atoms with Crippen molar-refractivity contribution in [2.24, 2.45) is 7.05 Å². The molecule has 0 fully saturated rings. The predicted octanol–water partition coefficient (Wildman–Crippen LogP) is 2.17. The highest BCUT2D eigenvalue weighted by atomic mass is 35.5. The van der Waals surface area contributed by atoms with E-state index in [1.807, 2.05) is 17.5 Å². The number of aromatic nitrogens is 2. The molecule has 98 valence electrons. The molecule has 1 N–H and O–H groups in total. The number of sulfonamides is 1. The number of thiophene rings is 1. The van der Waals surface area contributed by atoms with Gasteiger partial charge in [0.15, 0.2) is 0 Å². The lowest BCUT2D eigenvalue weighted by molar-refractivity contribution is 0.565. The molecule has 8 heteroatoms. The van der Waals surface area contributed by atoms with E-state index in [1.165, 1.54) is 22.2 Å². The van der Waals surface area contributed by atoms with Crippen molar-refractivity contribution < 1.29 is 8.42 Å². The highest BCUT2D eigenvalue weighted by molar-refractivity contribution is 7.89. The van der Waals surface area contributed by atoms with Gasteiger partial charge in [-0.25, -0.2) is 18.1 Å². The average molecular weight is 306 g/mol. The van der Waals surface area contributed by atoms with Gasteiger partial charge in [-0.2, -0.15) is 0 Å². The maximum Gasteiger partial charge on any atom is 0.261 e. The maximum absolute atomic E-state index is 12.1. The monoisotopic (exact) mass is 305 g/mol. The van der Waals surface area contributed by atoms with E-state index in [-0.39, 0.29) is 16.2 Å². The average Bonchev–Trinajstić information content (AvgIpc) is 2.89. The van der Waals surface area contributed by atoms with Crippen LogP contribution in [0.5, 0.6) is 0 Å². The number of aryl methyl sites for hydroxylation is 1. The molecule has 0 bridgehead atoms. The molecule has 5 nitrogen and oxygen atoms in total. The molecule has 2 rings (SSSR count). The second-order valence-electron chi connectivity index (χ2n) is 3.81. The molecule has 1 unspecified atom stereocenters. The lowest BCUT2D eigenvalue weighted by Crippen LogP contribution is -2.27. The summed E-state index contributed by atoms with van der Waals surface area (Å²) in [6.07, 6.45) is 1.37. The fourth-order valence-electron chi connectivity index (χ4n) is 1.46. The Morgan fingerprint density at radius 3 is 2.78 bits per heavy atom. The zero-order valence-corrected chi connectivity index (χ0v) is 12.2. The van der Waals surface area contributed by atoms with Crippen molar-refractivity contribution in [1.29, 1.82) is 0 Å². The van der Waals surface area contributed by atoms with Crippen LogP contribution in [0.25, 0.3) is 0 Å². The molecular formula is C10H12ClN3O2S2. The summed E-state index contributed by atoms with van der Waals surface area (Å²) in [4.78, 5) is 4.74. The summed E-state index contributed by atoms with van der Waals surface area (Å²) in [6, 6.07) is 3.43. The van der Waals surface area contributed by atoms with Crippen molar-refractivity contribution in [2.45, 2.75) is 18.0 Å². The molecule has 0 aliphatic heterocycles. The van der Waals surface area contributed by atoms with Crippen LogP contribution in [0.3, 0.4) is 0 Å². The van der Waals surface area contributed by atoms with Gasteiger partial charge in [0.1, 0.15) is 5.15 Å². The molecule has 0 spiro atoms. The molecule has 18 heavy (non-hydrogen) atoms. The second kappa shape index (κ2) is 5.00. The Bertz CT molecular complexity index is 634. The molecule has 0 saturated carbocycles. The molecule has 0 radical (unpaired) electrons. The van der Waals surface area contributed by atoms with Crippen molar-refractivity contribution in [1.82, 2.24) is 14.3 Å². The van der Waals surface area contributed by atoms with Gasteiger partial charge in [-0.3, -0.25) is 0 Å². The number of imidazole rings is 1. The van der Waals surface area contributed by atoms with Crippen molar-refractivity contribution in [3.8, 4) is 0 Å². The fraction of sp³-hybridized carbons (Fsp3) is 0.300. The topological polar surface area (TPSA) is 64.0 Å². The Hall–Kier alpha value is -0.890. The minimum Gasteiger partial charge on any atom is -0.324 e. The molecule has 1 atom stereocenters.